The number of hydrogen-bond donors (Lipinski definition) is 4. The minimum Gasteiger partial charge on any atom is -0.534 e. The van der Waals surface area contributed by atoms with Gasteiger partial charge in [0, 0.05) is 18.4 Å². The number of fused-ring (bicyclic) bond motifs is 1. The minimum atomic E-state index is -1.33. The van der Waals surface area contributed by atoms with Crippen molar-refractivity contribution in [2.45, 2.75) is 25.3 Å². The molecule has 1 aliphatic heterocycles. The average Bonchev–Trinajstić information content (AvgIpc) is 2.62. The Bertz CT molecular complexity index is 828. The largest absolute Gasteiger partial charge is 0.547 e. The van der Waals surface area contributed by atoms with Crippen molar-refractivity contribution in [1.82, 2.24) is 10.3 Å². The first-order valence-corrected chi connectivity index (χ1v) is 8.11. The van der Waals surface area contributed by atoms with Crippen molar-refractivity contribution >= 4 is 19.0 Å². The van der Waals surface area contributed by atoms with Crippen LogP contribution >= 0.6 is 0 Å². The van der Waals surface area contributed by atoms with Crippen LogP contribution < -0.4 is 15.7 Å². The minimum absolute atomic E-state index is 0.0180. The summed E-state index contributed by atoms with van der Waals surface area (Å²) in [6, 6.07) is 8.25. The molecule has 0 bridgehead atoms. The van der Waals surface area contributed by atoms with E-state index in [4.69, 9.17) is 10.4 Å². The molecule has 2 aromatic rings. The highest BCUT2D eigenvalue weighted by Crippen LogP contribution is 2.30. The van der Waals surface area contributed by atoms with Crippen molar-refractivity contribution in [1.29, 1.82) is 0 Å². The molecule has 1 amide bonds. The van der Waals surface area contributed by atoms with Gasteiger partial charge in [0.25, 0.3) is 0 Å². The Balaban J connectivity index is 1.67. The fourth-order valence-corrected chi connectivity index (χ4v) is 2.82. The van der Waals surface area contributed by atoms with Crippen molar-refractivity contribution in [2.24, 2.45) is 5.73 Å². The number of pyridine rings is 1. The van der Waals surface area contributed by atoms with Gasteiger partial charge in [-0.15, -0.1) is 0 Å². The van der Waals surface area contributed by atoms with Crippen molar-refractivity contribution in [3.8, 4) is 5.75 Å². The highest BCUT2D eigenvalue weighted by atomic mass is 16.5. The maximum Gasteiger partial charge on any atom is 0.547 e. The van der Waals surface area contributed by atoms with Crippen LogP contribution in [0.2, 0.25) is 0 Å². The number of hydrogen-bond acceptors (Lipinski definition) is 6. The molecular formula is C17H18BN3O5. The Hall–Kier alpha value is -2.91. The van der Waals surface area contributed by atoms with Gasteiger partial charge in [-0.1, -0.05) is 18.2 Å². The fourth-order valence-electron chi connectivity index (χ4n) is 2.82. The molecule has 1 aromatic carbocycles. The first kappa shape index (κ1) is 17.9. The van der Waals surface area contributed by atoms with Crippen molar-refractivity contribution in [3.05, 3.63) is 58.9 Å². The lowest BCUT2D eigenvalue weighted by Gasteiger charge is -2.28. The number of aromatic carboxylic acids is 1. The third kappa shape index (κ3) is 3.84. The topological polar surface area (TPSA) is 135 Å². The number of amides is 1. The summed E-state index contributed by atoms with van der Waals surface area (Å²) in [5, 5.41) is 22.0. The monoisotopic (exact) mass is 355 g/mol. The molecule has 1 aromatic heterocycles. The molecule has 0 aliphatic carbocycles. The Morgan fingerprint density at radius 3 is 2.81 bits per heavy atom. The third-order valence-corrected chi connectivity index (χ3v) is 4.16. The second kappa shape index (κ2) is 7.55. The summed E-state index contributed by atoms with van der Waals surface area (Å²) in [7, 11) is -1.33. The predicted molar refractivity (Wildman–Crippen MR) is 93.5 cm³/mol. The zero-order valence-corrected chi connectivity index (χ0v) is 13.9. The zero-order valence-electron chi connectivity index (χ0n) is 13.9. The van der Waals surface area contributed by atoms with Crippen LogP contribution in [0.25, 0.3) is 0 Å². The van der Waals surface area contributed by atoms with Crippen molar-refractivity contribution in [2.75, 3.05) is 0 Å². The van der Waals surface area contributed by atoms with E-state index in [2.05, 4.69) is 10.3 Å². The van der Waals surface area contributed by atoms with Gasteiger partial charge in [-0.05, 0) is 29.7 Å². The van der Waals surface area contributed by atoms with E-state index in [0.29, 0.717) is 17.8 Å². The Kier molecular flexibility index (Phi) is 5.20. The van der Waals surface area contributed by atoms with Gasteiger partial charge < -0.3 is 25.8 Å². The van der Waals surface area contributed by atoms with Crippen molar-refractivity contribution in [3.63, 3.8) is 0 Å². The van der Waals surface area contributed by atoms with E-state index in [1.54, 1.807) is 30.5 Å². The molecular weight excluding hydrogens is 337 g/mol. The summed E-state index contributed by atoms with van der Waals surface area (Å²) < 4.78 is 5.35. The molecule has 26 heavy (non-hydrogen) atoms. The second-order valence-electron chi connectivity index (χ2n) is 6.02. The normalized spacial score (nSPS) is 15.8. The van der Waals surface area contributed by atoms with Crippen molar-refractivity contribution < 1.29 is 24.4 Å². The third-order valence-electron chi connectivity index (χ3n) is 4.16. The van der Waals surface area contributed by atoms with Crippen LogP contribution in [0, 0.1) is 0 Å². The molecule has 0 spiro atoms. The van der Waals surface area contributed by atoms with Gasteiger partial charge in [-0.2, -0.15) is 0 Å². The van der Waals surface area contributed by atoms with E-state index in [1.807, 2.05) is 0 Å². The van der Waals surface area contributed by atoms with Crippen LogP contribution in [0.1, 0.15) is 27.2 Å². The smallest absolute Gasteiger partial charge is 0.534 e. The van der Waals surface area contributed by atoms with Crippen LogP contribution in [0.3, 0.4) is 0 Å². The predicted octanol–water partition coefficient (Wildman–Crippen LogP) is -0.0794. The molecule has 0 fully saturated rings. The van der Waals surface area contributed by atoms with Crippen LogP contribution in [-0.4, -0.2) is 40.1 Å². The summed E-state index contributed by atoms with van der Waals surface area (Å²) in [6.45, 7) is 0.378. The van der Waals surface area contributed by atoms with E-state index in [0.717, 1.165) is 5.56 Å². The Morgan fingerprint density at radius 1 is 1.35 bits per heavy atom. The summed E-state index contributed by atoms with van der Waals surface area (Å²) in [5.41, 5.74) is 7.56. The second-order valence-corrected chi connectivity index (χ2v) is 6.02. The Morgan fingerprint density at radius 2 is 2.15 bits per heavy atom. The summed E-state index contributed by atoms with van der Waals surface area (Å²) in [5.74, 6) is -1.99. The average molecular weight is 355 g/mol. The molecule has 0 radical (unpaired) electrons. The number of carbonyl (C=O) groups excluding carboxylic acids is 1. The zero-order chi connectivity index (χ0) is 18.7. The number of nitrogens with two attached hydrogens (primary N) is 1. The summed E-state index contributed by atoms with van der Waals surface area (Å²) in [6.07, 6.45) is 1.93. The van der Waals surface area contributed by atoms with Gasteiger partial charge in [0.15, 0.2) is 0 Å². The molecule has 0 saturated carbocycles. The maximum absolute atomic E-state index is 12.2. The number of carbonyl (C=O) groups is 2. The quantitative estimate of drug-likeness (QED) is 0.551. The molecule has 0 saturated heterocycles. The lowest BCUT2D eigenvalue weighted by atomic mass is 9.72. The highest BCUT2D eigenvalue weighted by Gasteiger charge is 2.37. The van der Waals surface area contributed by atoms with Gasteiger partial charge in [-0.25, -0.2) is 4.79 Å². The summed E-state index contributed by atoms with van der Waals surface area (Å²) >= 11 is 0. The number of aromatic nitrogens is 1. The van der Waals surface area contributed by atoms with Crippen LogP contribution in [0.5, 0.6) is 5.75 Å². The molecule has 8 nitrogen and oxygen atoms in total. The maximum atomic E-state index is 12.2. The van der Waals surface area contributed by atoms with E-state index in [1.165, 1.54) is 6.07 Å². The molecule has 9 heteroatoms. The standard InChI is InChI=1S/C17H18BN3O5/c19-8-10-4-5-12(20-9-10)7-15(22)21-14-6-11-2-1-3-13(17(23)24)16(11)26-18(14)25/h1-5,9,14,25H,6-8,19H2,(H,21,22)(H,23,24). The number of carboxylic acid groups (broad SMARTS) is 1. The van der Waals surface area contributed by atoms with Gasteiger partial charge in [0.1, 0.15) is 5.75 Å². The van der Waals surface area contributed by atoms with Gasteiger partial charge in [-0.3, -0.25) is 9.78 Å². The first-order chi connectivity index (χ1) is 12.5. The molecule has 5 N–H and O–H groups in total. The van der Waals surface area contributed by atoms with Crippen LogP contribution in [-0.2, 0) is 24.2 Å². The van der Waals surface area contributed by atoms with E-state index >= 15 is 0 Å². The van der Waals surface area contributed by atoms with Crippen LogP contribution in [0.15, 0.2) is 36.5 Å². The van der Waals surface area contributed by atoms with Gasteiger partial charge >= 0.3 is 13.1 Å². The highest BCUT2D eigenvalue weighted by molar-refractivity contribution is 6.47. The number of para-hydroxylation sites is 1. The van der Waals surface area contributed by atoms with E-state index in [9.17, 15) is 19.7 Å². The molecule has 3 rings (SSSR count). The Labute approximate surface area is 150 Å². The number of carboxylic acids is 1. The number of nitrogens with zero attached hydrogens (tertiary/aromatic N) is 1. The SMILES string of the molecule is NCc1ccc(CC(=O)NC2Cc3cccc(C(=O)O)c3OB2O)nc1. The first-order valence-electron chi connectivity index (χ1n) is 8.11. The van der Waals surface area contributed by atoms with Gasteiger partial charge in [0.05, 0.1) is 17.9 Å². The van der Waals surface area contributed by atoms with Gasteiger partial charge in [0.2, 0.25) is 5.91 Å². The fraction of sp³-hybridized carbons (Fsp3) is 0.235. The number of benzene rings is 1. The molecule has 2 heterocycles. The van der Waals surface area contributed by atoms with Crippen LogP contribution in [0.4, 0.5) is 0 Å². The number of nitrogens with one attached hydrogen (secondary N) is 1. The lowest BCUT2D eigenvalue weighted by Crippen LogP contribution is -2.53. The molecule has 1 aliphatic rings. The van der Waals surface area contributed by atoms with E-state index in [-0.39, 0.29) is 30.1 Å². The number of rotatable bonds is 5. The molecule has 1 unspecified atom stereocenters. The molecule has 1 atom stereocenters. The summed E-state index contributed by atoms with van der Waals surface area (Å²) in [4.78, 5) is 27.6. The van der Waals surface area contributed by atoms with E-state index < -0.39 is 19.0 Å². The molecule has 134 valence electrons. The lowest BCUT2D eigenvalue weighted by molar-refractivity contribution is -0.120.